The topological polar surface area (TPSA) is 143 Å². The number of ether oxygens (including phenoxy) is 1. The maximum absolute atomic E-state index is 13.0. The van der Waals surface area contributed by atoms with Gasteiger partial charge in [-0.3, -0.25) is 14.4 Å². The number of hydrogen-bond acceptors (Lipinski definition) is 7. The molecule has 0 saturated heterocycles. The molecule has 5 N–H and O–H groups in total. The van der Waals surface area contributed by atoms with Crippen LogP contribution in [0.15, 0.2) is 90.3 Å². The second-order valence-electron chi connectivity index (χ2n) is 9.90. The lowest BCUT2D eigenvalue weighted by atomic mass is 10.0. The van der Waals surface area contributed by atoms with Gasteiger partial charge in [-0.1, -0.05) is 54.6 Å². The van der Waals surface area contributed by atoms with Gasteiger partial charge in [0.05, 0.1) is 17.9 Å². The predicted octanol–water partition coefficient (Wildman–Crippen LogP) is 4.29. The smallest absolute Gasteiger partial charge is 0.408 e. The van der Waals surface area contributed by atoms with Crippen molar-refractivity contribution in [3.8, 4) is 10.4 Å². The van der Waals surface area contributed by atoms with Crippen molar-refractivity contribution in [2.24, 2.45) is 0 Å². The van der Waals surface area contributed by atoms with E-state index in [-0.39, 0.29) is 31.4 Å². The van der Waals surface area contributed by atoms with Crippen LogP contribution in [0.3, 0.4) is 0 Å². The number of alkyl carbamates (subject to hydrolysis) is 1. The molecule has 10 nitrogen and oxygen atoms in total. The first-order chi connectivity index (χ1) is 20.7. The summed E-state index contributed by atoms with van der Waals surface area (Å²) in [5, 5.41) is 10.00. The molecule has 43 heavy (non-hydrogen) atoms. The zero-order valence-corrected chi connectivity index (χ0v) is 24.6. The molecule has 3 aromatic carbocycles. The Hall–Kier alpha value is -5.16. The number of nitrogen functional groups attached to an aromatic ring is 1. The number of carbonyl (C=O) groups excluding carboxylic acids is 4. The molecule has 11 heteroatoms. The lowest BCUT2D eigenvalue weighted by Gasteiger charge is -2.19. The van der Waals surface area contributed by atoms with Crippen molar-refractivity contribution in [2.75, 3.05) is 31.7 Å². The quantitative estimate of drug-likeness (QED) is 0.190. The van der Waals surface area contributed by atoms with Crippen molar-refractivity contribution in [1.29, 1.82) is 0 Å². The first-order valence-corrected chi connectivity index (χ1v) is 14.4. The average molecular weight is 600 g/mol. The number of nitrogens with zero attached hydrogens (tertiary/aromatic N) is 1. The van der Waals surface area contributed by atoms with Crippen LogP contribution in [0.25, 0.3) is 10.4 Å². The summed E-state index contributed by atoms with van der Waals surface area (Å²) in [6, 6.07) is 24.2. The molecule has 222 valence electrons. The number of carbonyl (C=O) groups is 4. The number of likely N-dealkylation sites (N-methyl/N-ethyl adjacent to an activating group) is 1. The van der Waals surface area contributed by atoms with E-state index in [1.54, 1.807) is 55.8 Å². The molecule has 0 aliphatic heterocycles. The predicted molar refractivity (Wildman–Crippen MR) is 168 cm³/mol. The maximum Gasteiger partial charge on any atom is 0.408 e. The van der Waals surface area contributed by atoms with E-state index in [0.29, 0.717) is 22.5 Å². The highest BCUT2D eigenvalue weighted by Crippen LogP contribution is 2.30. The van der Waals surface area contributed by atoms with E-state index in [2.05, 4.69) is 16.0 Å². The zero-order chi connectivity index (χ0) is 30.8. The van der Waals surface area contributed by atoms with Crippen molar-refractivity contribution in [1.82, 2.24) is 15.5 Å². The molecule has 4 aromatic rings. The summed E-state index contributed by atoms with van der Waals surface area (Å²) in [6.45, 7) is -0.191. The van der Waals surface area contributed by atoms with Gasteiger partial charge in [0.1, 0.15) is 12.6 Å². The molecule has 1 heterocycles. The molecule has 0 spiro atoms. The third-order valence-corrected chi connectivity index (χ3v) is 7.42. The fraction of sp³-hybridized carbons (Fsp3) is 0.188. The molecule has 0 radical (unpaired) electrons. The molecular formula is C32H33N5O5S. The number of amides is 4. The molecule has 0 aliphatic carbocycles. The van der Waals surface area contributed by atoms with Crippen molar-refractivity contribution in [2.45, 2.75) is 19.1 Å². The number of rotatable bonds is 11. The van der Waals surface area contributed by atoms with E-state index in [0.717, 1.165) is 16.0 Å². The molecule has 4 rings (SSSR count). The minimum atomic E-state index is -1.03. The first kappa shape index (κ1) is 30.8. The Kier molecular flexibility index (Phi) is 10.5. The minimum absolute atomic E-state index is 0.0324. The number of nitrogens with one attached hydrogen (secondary N) is 3. The standard InChI is InChI=1S/C32H33N5O5S/c1-37(2)29(38)19-34-31(40)27(36-32(41)42-20-22-7-4-3-5-8-22)17-21-10-12-23(13-11-21)30(39)35-26-18-24(14-15-25(26)33)28-9-6-16-43-28/h3-16,18,27H,17,19-20,33H2,1-2H3,(H,34,40)(H,35,39)(H,36,41)/t27-/m0/s1. The van der Waals surface area contributed by atoms with Gasteiger partial charge in [0.2, 0.25) is 11.8 Å². The number of benzene rings is 3. The SMILES string of the molecule is CN(C)C(=O)CNC(=O)[C@H](Cc1ccc(C(=O)Nc2cc(-c3cccs3)ccc2N)cc1)NC(=O)OCc1ccccc1. The second kappa shape index (κ2) is 14.6. The molecule has 0 aliphatic rings. The van der Waals surface area contributed by atoms with Gasteiger partial charge in [0, 0.05) is 31.0 Å². The largest absolute Gasteiger partial charge is 0.445 e. The summed E-state index contributed by atoms with van der Waals surface area (Å²) in [7, 11) is 3.16. The maximum atomic E-state index is 13.0. The van der Waals surface area contributed by atoms with Gasteiger partial charge in [-0.25, -0.2) is 4.79 Å². The van der Waals surface area contributed by atoms with Gasteiger partial charge in [0.15, 0.2) is 0 Å². The van der Waals surface area contributed by atoms with E-state index in [9.17, 15) is 19.2 Å². The monoisotopic (exact) mass is 599 g/mol. The number of nitrogens with two attached hydrogens (primary N) is 1. The molecular weight excluding hydrogens is 566 g/mol. The Bertz CT molecular complexity index is 1560. The van der Waals surface area contributed by atoms with E-state index in [1.165, 1.54) is 4.90 Å². The summed E-state index contributed by atoms with van der Waals surface area (Å²) in [5.74, 6) is -1.19. The van der Waals surface area contributed by atoms with Crippen molar-refractivity contribution < 1.29 is 23.9 Å². The van der Waals surface area contributed by atoms with Gasteiger partial charge >= 0.3 is 6.09 Å². The highest BCUT2D eigenvalue weighted by Gasteiger charge is 2.23. The van der Waals surface area contributed by atoms with Gasteiger partial charge in [-0.2, -0.15) is 0 Å². The molecule has 0 saturated carbocycles. The summed E-state index contributed by atoms with van der Waals surface area (Å²) < 4.78 is 5.29. The molecule has 0 unspecified atom stereocenters. The third kappa shape index (κ3) is 8.91. The first-order valence-electron chi connectivity index (χ1n) is 13.5. The van der Waals surface area contributed by atoms with Gasteiger partial charge < -0.3 is 31.3 Å². The highest BCUT2D eigenvalue weighted by atomic mass is 32.1. The van der Waals surface area contributed by atoms with Crippen LogP contribution < -0.4 is 21.7 Å². The van der Waals surface area contributed by atoms with Crippen LogP contribution in [-0.4, -0.2) is 55.4 Å². The zero-order valence-electron chi connectivity index (χ0n) is 23.8. The lowest BCUT2D eigenvalue weighted by Crippen LogP contribution is -2.50. The van der Waals surface area contributed by atoms with E-state index in [1.807, 2.05) is 60.0 Å². The highest BCUT2D eigenvalue weighted by molar-refractivity contribution is 7.13. The van der Waals surface area contributed by atoms with Crippen molar-refractivity contribution in [3.63, 3.8) is 0 Å². The van der Waals surface area contributed by atoms with Crippen LogP contribution in [0, 0.1) is 0 Å². The number of hydrogen-bond donors (Lipinski definition) is 4. The van der Waals surface area contributed by atoms with Crippen molar-refractivity contribution in [3.05, 3.63) is 107 Å². The molecule has 1 atom stereocenters. The minimum Gasteiger partial charge on any atom is -0.445 e. The van der Waals surface area contributed by atoms with Crippen LogP contribution in [0.1, 0.15) is 21.5 Å². The summed E-state index contributed by atoms with van der Waals surface area (Å²) in [6.07, 6.45) is -0.679. The Balaban J connectivity index is 1.42. The molecule has 4 amide bonds. The summed E-state index contributed by atoms with van der Waals surface area (Å²) >= 11 is 1.59. The van der Waals surface area contributed by atoms with Crippen LogP contribution in [0.2, 0.25) is 0 Å². The molecule has 0 fully saturated rings. The summed E-state index contributed by atoms with van der Waals surface area (Å²) in [4.78, 5) is 53.0. The Morgan fingerprint density at radius 1 is 0.907 bits per heavy atom. The Morgan fingerprint density at radius 3 is 2.33 bits per heavy atom. The third-order valence-electron chi connectivity index (χ3n) is 6.50. The van der Waals surface area contributed by atoms with Crippen molar-refractivity contribution >= 4 is 46.5 Å². The average Bonchev–Trinajstić information content (AvgIpc) is 3.55. The molecule has 1 aromatic heterocycles. The second-order valence-corrected chi connectivity index (χ2v) is 10.8. The van der Waals surface area contributed by atoms with E-state index in [4.69, 9.17) is 10.5 Å². The fourth-order valence-electron chi connectivity index (χ4n) is 4.04. The molecule has 0 bridgehead atoms. The van der Waals surface area contributed by atoms with E-state index < -0.39 is 18.0 Å². The summed E-state index contributed by atoms with van der Waals surface area (Å²) in [5.41, 5.74) is 9.86. The van der Waals surface area contributed by atoms with Crippen LogP contribution in [0.4, 0.5) is 16.2 Å². The normalized spacial score (nSPS) is 11.2. The van der Waals surface area contributed by atoms with Gasteiger partial charge in [-0.15, -0.1) is 11.3 Å². The lowest BCUT2D eigenvalue weighted by molar-refractivity contribution is -0.131. The van der Waals surface area contributed by atoms with Crippen LogP contribution in [0.5, 0.6) is 0 Å². The fourth-order valence-corrected chi connectivity index (χ4v) is 4.77. The van der Waals surface area contributed by atoms with E-state index >= 15 is 0 Å². The van der Waals surface area contributed by atoms with Crippen LogP contribution >= 0.6 is 11.3 Å². The Labute approximate surface area is 253 Å². The number of thiophene rings is 1. The Morgan fingerprint density at radius 2 is 1.65 bits per heavy atom. The van der Waals surface area contributed by atoms with Gasteiger partial charge in [-0.05, 0) is 52.4 Å². The van der Waals surface area contributed by atoms with Crippen LogP contribution in [-0.2, 0) is 27.4 Å². The number of anilines is 2. The van der Waals surface area contributed by atoms with Gasteiger partial charge in [0.25, 0.3) is 5.91 Å².